The molecule has 9 heteroatoms. The third-order valence-electron chi connectivity index (χ3n) is 2.88. The van der Waals surface area contributed by atoms with Gasteiger partial charge in [0.15, 0.2) is 5.16 Å². The van der Waals surface area contributed by atoms with Crippen LogP contribution in [-0.4, -0.2) is 32.4 Å². The molecule has 0 radical (unpaired) electrons. The van der Waals surface area contributed by atoms with Crippen LogP contribution in [0.5, 0.6) is 0 Å². The second-order valence-electron chi connectivity index (χ2n) is 4.46. The number of nitro groups is 1. The molecule has 0 aliphatic heterocycles. The summed E-state index contributed by atoms with van der Waals surface area (Å²) in [5.41, 5.74) is 5.55. The smallest absolute Gasteiger partial charge is 0.273 e. The van der Waals surface area contributed by atoms with Crippen molar-refractivity contribution < 1.29 is 4.92 Å². The highest BCUT2D eigenvalue weighted by atomic mass is 32.2. The topological polar surface area (TPSA) is 128 Å². The molecule has 0 fully saturated rings. The van der Waals surface area contributed by atoms with Gasteiger partial charge in [-0.2, -0.15) is 0 Å². The summed E-state index contributed by atoms with van der Waals surface area (Å²) in [6, 6.07) is 6.26. The first-order chi connectivity index (χ1) is 10.6. The van der Waals surface area contributed by atoms with Gasteiger partial charge in [-0.25, -0.2) is 0 Å². The number of nitro benzene ring substituents is 1. The van der Waals surface area contributed by atoms with Gasteiger partial charge in [0.2, 0.25) is 0 Å². The van der Waals surface area contributed by atoms with E-state index in [0.29, 0.717) is 17.3 Å². The zero-order chi connectivity index (χ0) is 15.9. The van der Waals surface area contributed by atoms with Crippen LogP contribution < -0.4 is 11.3 Å². The number of nitrogens with two attached hydrogens (primary N) is 1. The summed E-state index contributed by atoms with van der Waals surface area (Å²) in [6.07, 6.45) is 0.875. The molecule has 0 saturated heterocycles. The van der Waals surface area contributed by atoms with Crippen molar-refractivity contribution >= 4 is 17.4 Å². The van der Waals surface area contributed by atoms with Crippen LogP contribution in [0, 0.1) is 10.1 Å². The summed E-state index contributed by atoms with van der Waals surface area (Å²) in [6.45, 7) is 0.570. The maximum Gasteiger partial charge on any atom is 0.273 e. The number of hydrogen-bond acceptors (Lipinski definition) is 7. The Balaban J connectivity index is 2.17. The Bertz CT molecular complexity index is 719. The molecule has 1 aromatic heterocycles. The standard InChI is InChI=1S/C13H15N5O3S/c14-6-3-7-22-13-15-12(19)10(16-17-13)8-9-4-1-2-5-11(9)18(20)21/h1-2,4-5H,3,6-8,14H2,(H,15,17,19). The first-order valence-corrected chi connectivity index (χ1v) is 7.61. The van der Waals surface area contributed by atoms with Crippen molar-refractivity contribution in [1.82, 2.24) is 15.2 Å². The number of H-pyrrole nitrogens is 1. The summed E-state index contributed by atoms with van der Waals surface area (Å²) >= 11 is 1.36. The van der Waals surface area contributed by atoms with Gasteiger partial charge in [0, 0.05) is 23.8 Å². The molecular weight excluding hydrogens is 306 g/mol. The second kappa shape index (κ2) is 7.66. The maximum absolute atomic E-state index is 12.0. The highest BCUT2D eigenvalue weighted by Gasteiger charge is 2.15. The number of thioether (sulfide) groups is 1. The Morgan fingerprint density at radius 2 is 2.09 bits per heavy atom. The molecule has 0 amide bonds. The molecule has 116 valence electrons. The van der Waals surface area contributed by atoms with Gasteiger partial charge in [0.1, 0.15) is 5.69 Å². The third kappa shape index (κ3) is 4.12. The summed E-state index contributed by atoms with van der Waals surface area (Å²) in [7, 11) is 0. The molecule has 0 spiro atoms. The average molecular weight is 321 g/mol. The molecule has 8 nitrogen and oxygen atoms in total. The van der Waals surface area contributed by atoms with E-state index in [9.17, 15) is 14.9 Å². The van der Waals surface area contributed by atoms with E-state index in [4.69, 9.17) is 5.73 Å². The van der Waals surface area contributed by atoms with Crippen LogP contribution in [-0.2, 0) is 6.42 Å². The normalized spacial score (nSPS) is 10.6. The lowest BCUT2D eigenvalue weighted by Crippen LogP contribution is -2.18. The van der Waals surface area contributed by atoms with E-state index in [0.717, 1.165) is 12.2 Å². The van der Waals surface area contributed by atoms with Crippen LogP contribution in [0.1, 0.15) is 17.7 Å². The maximum atomic E-state index is 12.0. The van der Waals surface area contributed by atoms with Crippen LogP contribution in [0.2, 0.25) is 0 Å². The molecule has 3 N–H and O–H groups in total. The Labute approximate surface area is 130 Å². The van der Waals surface area contributed by atoms with Gasteiger partial charge in [-0.05, 0) is 13.0 Å². The summed E-state index contributed by atoms with van der Waals surface area (Å²) in [4.78, 5) is 25.1. The minimum atomic E-state index is -0.478. The molecule has 0 aliphatic carbocycles. The molecule has 1 aromatic carbocycles. The first kappa shape index (κ1) is 16.1. The number of hydrogen-bond donors (Lipinski definition) is 2. The number of rotatable bonds is 7. The number of aromatic amines is 1. The van der Waals surface area contributed by atoms with E-state index < -0.39 is 4.92 Å². The van der Waals surface area contributed by atoms with Gasteiger partial charge >= 0.3 is 0 Å². The fourth-order valence-corrected chi connectivity index (χ4v) is 2.56. The Kier molecular flexibility index (Phi) is 5.61. The predicted octanol–water partition coefficient (Wildman–Crippen LogP) is 1.10. The quantitative estimate of drug-likeness (QED) is 0.338. The van der Waals surface area contributed by atoms with Crippen LogP contribution in [0.3, 0.4) is 0 Å². The van der Waals surface area contributed by atoms with Crippen molar-refractivity contribution in [1.29, 1.82) is 0 Å². The van der Waals surface area contributed by atoms with Crippen LogP contribution in [0.25, 0.3) is 0 Å². The summed E-state index contributed by atoms with van der Waals surface area (Å²) in [5.74, 6) is 0.741. The highest BCUT2D eigenvalue weighted by molar-refractivity contribution is 7.99. The zero-order valence-electron chi connectivity index (χ0n) is 11.7. The van der Waals surface area contributed by atoms with Crippen molar-refractivity contribution in [2.24, 2.45) is 5.73 Å². The minimum absolute atomic E-state index is 0.0369. The van der Waals surface area contributed by atoms with E-state index in [1.165, 1.54) is 17.8 Å². The van der Waals surface area contributed by atoms with E-state index in [2.05, 4.69) is 15.2 Å². The molecule has 22 heavy (non-hydrogen) atoms. The number of nitrogens with zero attached hydrogens (tertiary/aromatic N) is 3. The van der Waals surface area contributed by atoms with Gasteiger partial charge in [-0.1, -0.05) is 30.0 Å². The monoisotopic (exact) mass is 321 g/mol. The second-order valence-corrected chi connectivity index (χ2v) is 5.54. The molecule has 0 atom stereocenters. The Morgan fingerprint density at radius 1 is 1.32 bits per heavy atom. The Morgan fingerprint density at radius 3 is 2.77 bits per heavy atom. The van der Waals surface area contributed by atoms with Gasteiger partial charge in [-0.15, -0.1) is 10.2 Å². The highest BCUT2D eigenvalue weighted by Crippen LogP contribution is 2.19. The molecule has 2 aromatic rings. The van der Waals surface area contributed by atoms with Crippen molar-refractivity contribution in [2.45, 2.75) is 18.0 Å². The van der Waals surface area contributed by atoms with E-state index >= 15 is 0 Å². The van der Waals surface area contributed by atoms with Crippen molar-refractivity contribution in [3.63, 3.8) is 0 Å². The Hall–Kier alpha value is -2.26. The summed E-state index contributed by atoms with van der Waals surface area (Å²) < 4.78 is 0. The molecule has 2 rings (SSSR count). The van der Waals surface area contributed by atoms with Crippen molar-refractivity contribution in [2.75, 3.05) is 12.3 Å². The van der Waals surface area contributed by atoms with E-state index in [1.54, 1.807) is 18.2 Å². The number of benzene rings is 1. The third-order valence-corrected chi connectivity index (χ3v) is 3.83. The fraction of sp³-hybridized carbons (Fsp3) is 0.308. The number of para-hydroxylation sites is 1. The molecule has 0 saturated carbocycles. The van der Waals surface area contributed by atoms with Crippen LogP contribution in [0.15, 0.2) is 34.2 Å². The first-order valence-electron chi connectivity index (χ1n) is 6.63. The molecule has 0 aliphatic rings. The largest absolute Gasteiger partial charge is 0.330 e. The van der Waals surface area contributed by atoms with Gasteiger partial charge in [0.25, 0.3) is 11.2 Å². The van der Waals surface area contributed by atoms with E-state index in [1.807, 2.05) is 0 Å². The van der Waals surface area contributed by atoms with Crippen molar-refractivity contribution in [3.05, 3.63) is 56.0 Å². The predicted molar refractivity (Wildman–Crippen MR) is 83.0 cm³/mol. The minimum Gasteiger partial charge on any atom is -0.330 e. The van der Waals surface area contributed by atoms with Gasteiger partial charge < -0.3 is 5.73 Å². The lowest BCUT2D eigenvalue weighted by atomic mass is 10.1. The lowest BCUT2D eigenvalue weighted by molar-refractivity contribution is -0.385. The molecule has 1 heterocycles. The number of nitrogens with one attached hydrogen (secondary N) is 1. The van der Waals surface area contributed by atoms with Crippen LogP contribution >= 0.6 is 11.8 Å². The van der Waals surface area contributed by atoms with Crippen LogP contribution in [0.4, 0.5) is 5.69 Å². The fourth-order valence-electron chi connectivity index (χ4n) is 1.80. The van der Waals surface area contributed by atoms with Crippen molar-refractivity contribution in [3.8, 4) is 0 Å². The molecule has 0 unspecified atom stereocenters. The SMILES string of the molecule is NCCCSc1nnc(Cc2ccccc2[N+](=O)[O-])c(=O)[nH]1. The summed E-state index contributed by atoms with van der Waals surface area (Å²) in [5, 5.41) is 19.2. The zero-order valence-corrected chi connectivity index (χ0v) is 12.5. The number of aromatic nitrogens is 3. The lowest BCUT2D eigenvalue weighted by Gasteiger charge is -2.03. The molecular formula is C13H15N5O3S. The average Bonchev–Trinajstić information content (AvgIpc) is 2.50. The van der Waals surface area contributed by atoms with Gasteiger partial charge in [0.05, 0.1) is 4.92 Å². The molecule has 0 bridgehead atoms. The van der Waals surface area contributed by atoms with Gasteiger partial charge in [-0.3, -0.25) is 19.9 Å². The van der Waals surface area contributed by atoms with E-state index in [-0.39, 0.29) is 23.4 Å².